The Labute approximate surface area is 105 Å². The minimum absolute atomic E-state index is 0.0667. The maximum Gasteiger partial charge on any atom is 0.292 e. The molecule has 6 heteroatoms. The van der Waals surface area contributed by atoms with Crippen molar-refractivity contribution >= 4 is 11.4 Å². The van der Waals surface area contributed by atoms with Crippen molar-refractivity contribution < 1.29 is 14.4 Å². The fourth-order valence-electron chi connectivity index (χ4n) is 1.92. The topological polar surface area (TPSA) is 87.6 Å². The van der Waals surface area contributed by atoms with Crippen LogP contribution >= 0.6 is 0 Å². The Morgan fingerprint density at radius 2 is 2.39 bits per heavy atom. The average Bonchev–Trinajstić information content (AvgIpc) is 2.81. The Hall–Kier alpha value is -1.66. The molecule has 1 aliphatic heterocycles. The molecule has 1 fully saturated rings. The fourth-order valence-corrected chi connectivity index (χ4v) is 1.92. The monoisotopic (exact) mass is 252 g/mol. The molecule has 1 aromatic carbocycles. The molecular formula is C12H16N2O4. The van der Waals surface area contributed by atoms with E-state index in [1.807, 2.05) is 0 Å². The summed E-state index contributed by atoms with van der Waals surface area (Å²) >= 11 is 0. The van der Waals surface area contributed by atoms with E-state index in [9.17, 15) is 10.1 Å². The molecule has 1 heterocycles. The van der Waals surface area contributed by atoms with Crippen LogP contribution in [-0.4, -0.2) is 24.7 Å². The van der Waals surface area contributed by atoms with Gasteiger partial charge in [-0.3, -0.25) is 10.1 Å². The smallest absolute Gasteiger partial charge is 0.292 e. The van der Waals surface area contributed by atoms with Crippen LogP contribution < -0.4 is 5.73 Å². The third-order valence-electron chi connectivity index (χ3n) is 2.93. The molecular weight excluding hydrogens is 236 g/mol. The highest BCUT2D eigenvalue weighted by atomic mass is 16.6. The molecule has 2 rings (SSSR count). The molecule has 0 saturated carbocycles. The standard InChI is InChI=1S/C12H16N2O4/c13-11-5-9(1-2-12(11)14(15)16)6-18-8-10-3-4-17-7-10/h1-2,5,10H,3-4,6-8,13H2. The van der Waals surface area contributed by atoms with Crippen LogP contribution in [0.3, 0.4) is 0 Å². The van der Waals surface area contributed by atoms with E-state index in [0.717, 1.165) is 25.2 Å². The van der Waals surface area contributed by atoms with E-state index in [0.29, 0.717) is 19.1 Å². The van der Waals surface area contributed by atoms with Gasteiger partial charge in [-0.1, -0.05) is 0 Å². The lowest BCUT2D eigenvalue weighted by Crippen LogP contribution is -2.09. The second kappa shape index (κ2) is 5.79. The summed E-state index contributed by atoms with van der Waals surface area (Å²) < 4.78 is 10.8. The van der Waals surface area contributed by atoms with Crippen LogP contribution in [0.1, 0.15) is 12.0 Å². The maximum atomic E-state index is 10.6. The van der Waals surface area contributed by atoms with Gasteiger partial charge >= 0.3 is 0 Å². The van der Waals surface area contributed by atoms with Crippen LogP contribution in [0.5, 0.6) is 0 Å². The molecule has 1 aromatic rings. The first-order chi connectivity index (χ1) is 8.66. The summed E-state index contributed by atoms with van der Waals surface area (Å²) in [6, 6.07) is 4.66. The van der Waals surface area contributed by atoms with Gasteiger partial charge in [-0.05, 0) is 24.1 Å². The molecule has 1 atom stereocenters. The first-order valence-electron chi connectivity index (χ1n) is 5.85. The van der Waals surface area contributed by atoms with Crippen LogP contribution in [-0.2, 0) is 16.1 Å². The highest BCUT2D eigenvalue weighted by Crippen LogP contribution is 2.22. The number of nitro groups is 1. The van der Waals surface area contributed by atoms with E-state index in [1.165, 1.54) is 6.07 Å². The van der Waals surface area contributed by atoms with Crippen LogP contribution in [0, 0.1) is 16.0 Å². The van der Waals surface area contributed by atoms with E-state index in [-0.39, 0.29) is 11.4 Å². The largest absolute Gasteiger partial charge is 0.393 e. The molecule has 2 N–H and O–H groups in total. The van der Waals surface area contributed by atoms with Crippen LogP contribution in [0.25, 0.3) is 0 Å². The predicted octanol–water partition coefficient (Wildman–Crippen LogP) is 1.73. The Morgan fingerprint density at radius 3 is 3.00 bits per heavy atom. The normalized spacial score (nSPS) is 19.0. The van der Waals surface area contributed by atoms with Crippen molar-refractivity contribution in [1.29, 1.82) is 0 Å². The first kappa shape index (κ1) is 12.8. The van der Waals surface area contributed by atoms with Crippen molar-refractivity contribution in [3.05, 3.63) is 33.9 Å². The summed E-state index contributed by atoms with van der Waals surface area (Å²) in [5.74, 6) is 0.459. The Kier molecular flexibility index (Phi) is 4.11. The number of anilines is 1. The summed E-state index contributed by atoms with van der Waals surface area (Å²) in [5, 5.41) is 10.6. The molecule has 18 heavy (non-hydrogen) atoms. The lowest BCUT2D eigenvalue weighted by Gasteiger charge is -2.09. The van der Waals surface area contributed by atoms with E-state index in [4.69, 9.17) is 15.2 Å². The zero-order valence-electron chi connectivity index (χ0n) is 10.0. The average molecular weight is 252 g/mol. The van der Waals surface area contributed by atoms with Gasteiger partial charge in [0.25, 0.3) is 5.69 Å². The van der Waals surface area contributed by atoms with Crippen molar-refractivity contribution in [1.82, 2.24) is 0 Å². The van der Waals surface area contributed by atoms with Gasteiger partial charge < -0.3 is 15.2 Å². The van der Waals surface area contributed by atoms with E-state index in [2.05, 4.69) is 0 Å². The molecule has 0 amide bonds. The van der Waals surface area contributed by atoms with Gasteiger partial charge in [0, 0.05) is 18.6 Å². The van der Waals surface area contributed by atoms with Gasteiger partial charge in [-0.25, -0.2) is 0 Å². The molecule has 0 aliphatic carbocycles. The minimum Gasteiger partial charge on any atom is -0.393 e. The van der Waals surface area contributed by atoms with Gasteiger partial charge in [0.15, 0.2) is 0 Å². The zero-order valence-corrected chi connectivity index (χ0v) is 10.0. The van der Waals surface area contributed by atoms with Crippen molar-refractivity contribution in [2.75, 3.05) is 25.6 Å². The molecule has 0 spiro atoms. The lowest BCUT2D eigenvalue weighted by atomic mass is 10.1. The Bertz CT molecular complexity index is 430. The second-order valence-electron chi connectivity index (χ2n) is 4.40. The summed E-state index contributed by atoms with van der Waals surface area (Å²) in [6.07, 6.45) is 1.03. The number of nitro benzene ring substituents is 1. The minimum atomic E-state index is -0.490. The van der Waals surface area contributed by atoms with Gasteiger partial charge in [0.05, 0.1) is 24.7 Å². The van der Waals surface area contributed by atoms with E-state index >= 15 is 0 Å². The molecule has 0 radical (unpaired) electrons. The number of ether oxygens (including phenoxy) is 2. The second-order valence-corrected chi connectivity index (χ2v) is 4.40. The number of rotatable bonds is 5. The van der Waals surface area contributed by atoms with Gasteiger partial charge in [-0.15, -0.1) is 0 Å². The summed E-state index contributed by atoms with van der Waals surface area (Å²) in [6.45, 7) is 2.62. The third kappa shape index (κ3) is 3.18. The molecule has 1 saturated heterocycles. The van der Waals surface area contributed by atoms with Gasteiger partial charge in [0.1, 0.15) is 5.69 Å². The van der Waals surface area contributed by atoms with Crippen molar-refractivity contribution in [3.63, 3.8) is 0 Å². The summed E-state index contributed by atoms with van der Waals surface area (Å²) in [5.41, 5.74) is 6.55. The predicted molar refractivity (Wildman–Crippen MR) is 66.1 cm³/mol. The number of benzene rings is 1. The fraction of sp³-hybridized carbons (Fsp3) is 0.500. The Balaban J connectivity index is 1.85. The molecule has 0 bridgehead atoms. The van der Waals surface area contributed by atoms with E-state index in [1.54, 1.807) is 12.1 Å². The van der Waals surface area contributed by atoms with Crippen molar-refractivity contribution in [3.8, 4) is 0 Å². The van der Waals surface area contributed by atoms with Gasteiger partial charge in [-0.2, -0.15) is 0 Å². The molecule has 1 aliphatic rings. The first-order valence-corrected chi connectivity index (χ1v) is 5.85. The van der Waals surface area contributed by atoms with Crippen LogP contribution in [0.4, 0.5) is 11.4 Å². The summed E-state index contributed by atoms with van der Waals surface area (Å²) in [4.78, 5) is 10.1. The molecule has 0 aromatic heterocycles. The number of hydrogen-bond donors (Lipinski definition) is 1. The number of nitrogens with zero attached hydrogens (tertiary/aromatic N) is 1. The SMILES string of the molecule is Nc1cc(COCC2CCOC2)ccc1[N+](=O)[O-]. The lowest BCUT2D eigenvalue weighted by molar-refractivity contribution is -0.383. The van der Waals surface area contributed by atoms with Crippen molar-refractivity contribution in [2.24, 2.45) is 5.92 Å². The highest BCUT2D eigenvalue weighted by Gasteiger charge is 2.16. The number of nitrogens with two attached hydrogens (primary N) is 1. The third-order valence-corrected chi connectivity index (χ3v) is 2.93. The van der Waals surface area contributed by atoms with E-state index < -0.39 is 4.92 Å². The molecule has 98 valence electrons. The van der Waals surface area contributed by atoms with Crippen molar-refractivity contribution in [2.45, 2.75) is 13.0 Å². The number of nitrogen functional groups attached to an aromatic ring is 1. The summed E-state index contributed by atoms with van der Waals surface area (Å²) in [7, 11) is 0. The molecule has 6 nitrogen and oxygen atoms in total. The quantitative estimate of drug-likeness (QED) is 0.490. The van der Waals surface area contributed by atoms with Gasteiger partial charge in [0.2, 0.25) is 0 Å². The number of hydrogen-bond acceptors (Lipinski definition) is 5. The Morgan fingerprint density at radius 1 is 1.56 bits per heavy atom. The highest BCUT2D eigenvalue weighted by molar-refractivity contribution is 5.59. The zero-order chi connectivity index (χ0) is 13.0. The van der Waals surface area contributed by atoms with Crippen LogP contribution in [0.2, 0.25) is 0 Å². The van der Waals surface area contributed by atoms with Crippen LogP contribution in [0.15, 0.2) is 18.2 Å². The molecule has 1 unspecified atom stereocenters. The maximum absolute atomic E-state index is 10.6.